The molecule has 3 aromatic rings. The first-order valence-electron chi connectivity index (χ1n) is 15.1. The number of nitrogens with one attached hydrogen (secondary N) is 3. The van der Waals surface area contributed by atoms with Crippen molar-refractivity contribution in [2.45, 2.75) is 44.6 Å². The van der Waals surface area contributed by atoms with Crippen molar-refractivity contribution in [3.05, 3.63) is 89.0 Å². The van der Waals surface area contributed by atoms with E-state index in [1.807, 2.05) is 37.3 Å². The smallest absolute Gasteiger partial charge is 0.390 e. The SMILES string of the molecule is CCN1CCNc2c1cc(C(=O)N[C@@H](Cc1ccccc1)[C@@H](O)CNCc1cccc(C(F)(F)F)c1)cc2N1CCCS1(O)O. The molecule has 2 atom stereocenters. The second-order valence-corrected chi connectivity index (χ2v) is 13.5. The summed E-state index contributed by atoms with van der Waals surface area (Å²) in [5.74, 6) is -0.177. The van der Waals surface area contributed by atoms with Gasteiger partial charge in [0, 0.05) is 44.8 Å². The Balaban J connectivity index is 1.37. The highest BCUT2D eigenvalue weighted by atomic mass is 32.3. The normalized spacial score (nSPS) is 18.1. The molecule has 9 nitrogen and oxygen atoms in total. The summed E-state index contributed by atoms with van der Waals surface area (Å²) >= 11 is 0. The number of fused-ring (bicyclic) bond motifs is 1. The van der Waals surface area contributed by atoms with Crippen molar-refractivity contribution >= 4 is 33.7 Å². The maximum absolute atomic E-state index is 13.9. The van der Waals surface area contributed by atoms with E-state index in [9.17, 15) is 32.2 Å². The van der Waals surface area contributed by atoms with Crippen LogP contribution in [-0.4, -0.2) is 70.7 Å². The van der Waals surface area contributed by atoms with Gasteiger partial charge < -0.3 is 26.0 Å². The van der Waals surface area contributed by atoms with E-state index in [0.29, 0.717) is 49.3 Å². The fraction of sp³-hybridized carbons (Fsp3) is 0.406. The number of benzene rings is 3. The van der Waals surface area contributed by atoms with Crippen LogP contribution in [0.1, 0.15) is 40.4 Å². The van der Waals surface area contributed by atoms with Crippen molar-refractivity contribution in [1.82, 2.24) is 10.6 Å². The molecule has 0 radical (unpaired) electrons. The van der Waals surface area contributed by atoms with Crippen molar-refractivity contribution in [2.75, 3.05) is 53.0 Å². The summed E-state index contributed by atoms with van der Waals surface area (Å²) in [5.41, 5.74) is 2.97. The fourth-order valence-corrected chi connectivity index (χ4v) is 7.46. The van der Waals surface area contributed by atoms with Gasteiger partial charge in [-0.1, -0.05) is 48.5 Å². The van der Waals surface area contributed by atoms with Gasteiger partial charge in [-0.3, -0.25) is 18.2 Å². The van der Waals surface area contributed by atoms with Crippen molar-refractivity contribution in [3.8, 4) is 0 Å². The number of hydrogen-bond acceptors (Lipinski definition) is 8. The Kier molecular flexibility index (Phi) is 10.1. The Morgan fingerprint density at radius 2 is 1.76 bits per heavy atom. The molecule has 2 aliphatic heterocycles. The van der Waals surface area contributed by atoms with Crippen LogP contribution in [0.25, 0.3) is 0 Å². The Morgan fingerprint density at radius 1 is 1.02 bits per heavy atom. The molecule has 0 aromatic heterocycles. The summed E-state index contributed by atoms with van der Waals surface area (Å²) in [5, 5.41) is 20.6. The highest BCUT2D eigenvalue weighted by Gasteiger charge is 2.34. The van der Waals surface area contributed by atoms with Crippen LogP contribution in [0.5, 0.6) is 0 Å². The van der Waals surface area contributed by atoms with Gasteiger partial charge in [-0.25, -0.2) is 0 Å². The van der Waals surface area contributed by atoms with E-state index in [0.717, 1.165) is 35.6 Å². The monoisotopic (exact) mass is 647 g/mol. The molecule has 1 saturated heterocycles. The van der Waals surface area contributed by atoms with E-state index in [4.69, 9.17) is 0 Å². The summed E-state index contributed by atoms with van der Waals surface area (Å²) in [7, 11) is -3.03. The Hall–Kier alpha value is -3.49. The molecule has 2 aliphatic rings. The zero-order valence-electron chi connectivity index (χ0n) is 25.1. The maximum Gasteiger partial charge on any atom is 0.416 e. The van der Waals surface area contributed by atoms with Gasteiger partial charge >= 0.3 is 6.18 Å². The zero-order valence-corrected chi connectivity index (χ0v) is 25.9. The number of amides is 1. The third-order valence-corrected chi connectivity index (χ3v) is 10.1. The number of aliphatic hydroxyl groups excluding tert-OH is 1. The highest BCUT2D eigenvalue weighted by Crippen LogP contribution is 2.54. The standard InChI is InChI=1S/C32H40F3N5O4S/c1-2-39-14-12-37-30-27(39)18-24(19-28(30)40-13-7-15-45(40,43)44)31(42)38-26(17-22-8-4-3-5-9-22)29(41)21-36-20-23-10-6-11-25(16-23)32(33,34)35/h3-6,8-11,16,18-19,26,29,36-37,41,43-44H,2,7,12-15,17,20-21H2,1H3,(H,38,42)/t26-,29-/m0/s1. The van der Waals surface area contributed by atoms with Crippen LogP contribution in [0.15, 0.2) is 66.7 Å². The van der Waals surface area contributed by atoms with Gasteiger partial charge in [0.2, 0.25) is 0 Å². The number of carbonyl (C=O) groups excluding carboxylic acids is 1. The lowest BCUT2D eigenvalue weighted by atomic mass is 9.99. The molecule has 1 amide bonds. The van der Waals surface area contributed by atoms with Crippen molar-refractivity contribution in [1.29, 1.82) is 0 Å². The van der Waals surface area contributed by atoms with Crippen LogP contribution >= 0.6 is 10.8 Å². The van der Waals surface area contributed by atoms with Gasteiger partial charge in [0.05, 0.1) is 40.5 Å². The van der Waals surface area contributed by atoms with Crippen molar-refractivity contribution in [2.24, 2.45) is 0 Å². The minimum Gasteiger partial charge on any atom is -0.390 e. The molecule has 1 fully saturated rings. The first-order chi connectivity index (χ1) is 21.5. The summed E-state index contributed by atoms with van der Waals surface area (Å²) in [6.07, 6.45) is -4.60. The average molecular weight is 648 g/mol. The molecule has 0 saturated carbocycles. The van der Waals surface area contributed by atoms with Gasteiger partial charge in [-0.2, -0.15) is 13.2 Å². The summed E-state index contributed by atoms with van der Waals surface area (Å²) < 4.78 is 62.6. The molecule has 244 valence electrons. The van der Waals surface area contributed by atoms with Crippen LogP contribution in [-0.2, 0) is 19.1 Å². The molecule has 0 bridgehead atoms. The van der Waals surface area contributed by atoms with Gasteiger partial charge in [-0.15, -0.1) is 10.8 Å². The number of hydrogen-bond donors (Lipinski definition) is 6. The lowest BCUT2D eigenvalue weighted by Gasteiger charge is -2.41. The molecule has 0 unspecified atom stereocenters. The Labute approximate surface area is 262 Å². The maximum atomic E-state index is 13.9. The lowest BCUT2D eigenvalue weighted by Crippen LogP contribution is -2.48. The number of carbonyl (C=O) groups is 1. The minimum absolute atomic E-state index is 0.0195. The predicted octanol–water partition coefficient (Wildman–Crippen LogP) is 5.32. The highest BCUT2D eigenvalue weighted by molar-refractivity contribution is 8.25. The van der Waals surface area contributed by atoms with Gasteiger partial charge in [0.15, 0.2) is 0 Å². The van der Waals surface area contributed by atoms with Crippen LogP contribution < -0.4 is 25.2 Å². The number of likely N-dealkylation sites (N-methyl/N-ethyl adjacent to an activating group) is 1. The van der Waals surface area contributed by atoms with Crippen LogP contribution in [0.4, 0.5) is 30.2 Å². The molecule has 2 heterocycles. The third-order valence-electron chi connectivity index (χ3n) is 8.18. The predicted molar refractivity (Wildman–Crippen MR) is 173 cm³/mol. The van der Waals surface area contributed by atoms with Crippen LogP contribution in [0.2, 0.25) is 0 Å². The van der Waals surface area contributed by atoms with Gasteiger partial charge in [0.25, 0.3) is 5.91 Å². The first-order valence-corrected chi connectivity index (χ1v) is 16.7. The summed E-state index contributed by atoms with van der Waals surface area (Å²) in [6, 6.07) is 17.1. The van der Waals surface area contributed by atoms with Crippen molar-refractivity contribution < 1.29 is 32.2 Å². The third kappa shape index (κ3) is 7.85. The molecule has 13 heteroatoms. The molecule has 0 aliphatic carbocycles. The molecule has 45 heavy (non-hydrogen) atoms. The van der Waals surface area contributed by atoms with Crippen LogP contribution in [0, 0.1) is 0 Å². The number of alkyl halides is 3. The van der Waals surface area contributed by atoms with E-state index >= 15 is 0 Å². The molecule has 6 N–H and O–H groups in total. The summed E-state index contributed by atoms with van der Waals surface area (Å²) in [6.45, 7) is 4.67. The Bertz CT molecular complexity index is 1480. The quantitative estimate of drug-likeness (QED) is 0.166. The van der Waals surface area contributed by atoms with Gasteiger partial charge in [0.1, 0.15) is 0 Å². The summed E-state index contributed by atoms with van der Waals surface area (Å²) in [4.78, 5) is 16.0. The number of rotatable bonds is 11. The van der Waals surface area contributed by atoms with Gasteiger partial charge in [-0.05, 0) is 49.1 Å². The second kappa shape index (κ2) is 13.9. The fourth-order valence-electron chi connectivity index (χ4n) is 5.84. The molecule has 5 rings (SSSR count). The lowest BCUT2D eigenvalue weighted by molar-refractivity contribution is -0.137. The zero-order chi connectivity index (χ0) is 32.2. The van der Waals surface area contributed by atoms with Crippen LogP contribution in [0.3, 0.4) is 0 Å². The largest absolute Gasteiger partial charge is 0.416 e. The molecule has 3 aromatic carbocycles. The Morgan fingerprint density at radius 3 is 2.44 bits per heavy atom. The van der Waals surface area contributed by atoms with E-state index < -0.39 is 40.6 Å². The minimum atomic E-state index is -4.45. The molecule has 0 spiro atoms. The van der Waals surface area contributed by atoms with Crippen molar-refractivity contribution in [3.63, 3.8) is 0 Å². The number of nitrogens with zero attached hydrogens (tertiary/aromatic N) is 2. The molecular weight excluding hydrogens is 607 g/mol. The second-order valence-electron chi connectivity index (χ2n) is 11.4. The number of aliphatic hydroxyl groups is 1. The number of halogens is 3. The van der Waals surface area contributed by atoms with E-state index in [-0.39, 0.29) is 18.8 Å². The molecular formula is C32H40F3N5O4S. The van der Waals surface area contributed by atoms with E-state index in [1.54, 1.807) is 22.5 Å². The van der Waals surface area contributed by atoms with E-state index in [2.05, 4.69) is 20.9 Å². The average Bonchev–Trinajstić information content (AvgIpc) is 3.38. The topological polar surface area (TPSA) is 120 Å². The number of anilines is 3. The van der Waals surface area contributed by atoms with E-state index in [1.165, 1.54) is 6.07 Å². The first kappa shape index (κ1) is 32.9.